The zero-order valence-corrected chi connectivity index (χ0v) is 21.6. The van der Waals surface area contributed by atoms with Crippen molar-refractivity contribution in [3.05, 3.63) is 119 Å². The third kappa shape index (κ3) is 2.59. The maximum absolute atomic E-state index is 6.52. The summed E-state index contributed by atoms with van der Waals surface area (Å²) in [6.45, 7) is 9.33. The smallest absolute Gasteiger partial charge is 0.136 e. The van der Waals surface area contributed by atoms with Crippen LogP contribution >= 0.6 is 0 Å². The van der Waals surface area contributed by atoms with Crippen molar-refractivity contribution in [2.45, 2.75) is 38.5 Å². The van der Waals surface area contributed by atoms with E-state index in [4.69, 9.17) is 4.42 Å². The first-order valence-corrected chi connectivity index (χ1v) is 13.2. The second-order valence-electron chi connectivity index (χ2n) is 11.8. The van der Waals surface area contributed by atoms with Crippen molar-refractivity contribution in [3.8, 4) is 33.4 Å². The van der Waals surface area contributed by atoms with Crippen LogP contribution in [0.3, 0.4) is 0 Å². The van der Waals surface area contributed by atoms with E-state index in [2.05, 4.69) is 125 Å². The third-order valence-corrected chi connectivity index (χ3v) is 9.09. The summed E-state index contributed by atoms with van der Waals surface area (Å²) in [5, 5.41) is 2.40. The molecule has 1 heterocycles. The molecule has 0 amide bonds. The highest BCUT2D eigenvalue weighted by Gasteiger charge is 2.37. The van der Waals surface area contributed by atoms with Crippen molar-refractivity contribution in [2.24, 2.45) is 0 Å². The molecule has 0 saturated carbocycles. The van der Waals surface area contributed by atoms with Gasteiger partial charge >= 0.3 is 0 Å². The van der Waals surface area contributed by atoms with Gasteiger partial charge in [-0.3, -0.25) is 0 Å². The van der Waals surface area contributed by atoms with Gasteiger partial charge < -0.3 is 4.42 Å². The van der Waals surface area contributed by atoms with Crippen LogP contribution < -0.4 is 0 Å². The highest BCUT2D eigenvalue weighted by molar-refractivity contribution is 6.14. The molecule has 0 unspecified atom stereocenters. The molecule has 37 heavy (non-hydrogen) atoms. The van der Waals surface area contributed by atoms with Gasteiger partial charge in [0.05, 0.1) is 0 Å². The number of hydrogen-bond donors (Lipinski definition) is 0. The van der Waals surface area contributed by atoms with E-state index < -0.39 is 0 Å². The van der Waals surface area contributed by atoms with Crippen LogP contribution in [0.4, 0.5) is 0 Å². The molecule has 8 rings (SSSR count). The molecule has 5 aromatic carbocycles. The zero-order chi connectivity index (χ0) is 25.1. The predicted octanol–water partition coefficient (Wildman–Crippen LogP) is 9.87. The van der Waals surface area contributed by atoms with Crippen LogP contribution in [0, 0.1) is 0 Å². The average Bonchev–Trinajstić information content (AvgIpc) is 3.47. The van der Waals surface area contributed by atoms with Crippen LogP contribution in [0.2, 0.25) is 0 Å². The van der Waals surface area contributed by atoms with Crippen molar-refractivity contribution in [2.75, 3.05) is 0 Å². The van der Waals surface area contributed by atoms with E-state index in [1.165, 1.54) is 66.4 Å². The van der Waals surface area contributed by atoms with Gasteiger partial charge in [-0.05, 0) is 79.9 Å². The largest absolute Gasteiger partial charge is 0.456 e. The SMILES string of the molecule is CC1(C)c2ccccc2-c2ccc(-c3cccc4oc5cc6c(cc5c34)-c3ccccc3C6(C)C)cc21. The quantitative estimate of drug-likeness (QED) is 0.230. The Kier molecular flexibility index (Phi) is 3.87. The van der Waals surface area contributed by atoms with Gasteiger partial charge in [-0.25, -0.2) is 0 Å². The second-order valence-corrected chi connectivity index (χ2v) is 11.8. The molecule has 178 valence electrons. The molecule has 0 fully saturated rings. The van der Waals surface area contributed by atoms with Crippen molar-refractivity contribution < 1.29 is 4.42 Å². The summed E-state index contributed by atoms with van der Waals surface area (Å²) >= 11 is 0. The van der Waals surface area contributed by atoms with E-state index in [0.717, 1.165) is 11.2 Å². The fraction of sp³-hybridized carbons (Fsp3) is 0.167. The first-order chi connectivity index (χ1) is 17.9. The van der Waals surface area contributed by atoms with Crippen molar-refractivity contribution >= 4 is 21.9 Å². The lowest BCUT2D eigenvalue weighted by Gasteiger charge is -2.22. The van der Waals surface area contributed by atoms with Gasteiger partial charge in [0.25, 0.3) is 0 Å². The van der Waals surface area contributed by atoms with Crippen LogP contribution in [0.15, 0.2) is 101 Å². The minimum atomic E-state index is -0.0392. The number of hydrogen-bond acceptors (Lipinski definition) is 1. The van der Waals surface area contributed by atoms with Crippen LogP contribution in [0.1, 0.15) is 49.9 Å². The van der Waals surface area contributed by atoms with Crippen LogP contribution in [0.5, 0.6) is 0 Å². The zero-order valence-electron chi connectivity index (χ0n) is 21.6. The molecule has 0 atom stereocenters. The Morgan fingerprint density at radius 1 is 0.459 bits per heavy atom. The van der Waals surface area contributed by atoms with E-state index in [1.807, 2.05) is 0 Å². The summed E-state index contributed by atoms with van der Waals surface area (Å²) in [6.07, 6.45) is 0. The maximum Gasteiger partial charge on any atom is 0.136 e. The summed E-state index contributed by atoms with van der Waals surface area (Å²) in [5.41, 5.74) is 15.3. The average molecular weight is 477 g/mol. The number of fused-ring (bicyclic) bond motifs is 9. The molecular weight excluding hydrogens is 448 g/mol. The van der Waals surface area contributed by atoms with Gasteiger partial charge in [0.15, 0.2) is 0 Å². The summed E-state index contributed by atoms with van der Waals surface area (Å²) in [4.78, 5) is 0. The van der Waals surface area contributed by atoms with Crippen molar-refractivity contribution in [3.63, 3.8) is 0 Å². The molecule has 1 aromatic heterocycles. The Bertz CT molecular complexity index is 1930. The Balaban J connectivity index is 1.38. The van der Waals surface area contributed by atoms with Gasteiger partial charge in [0.1, 0.15) is 11.2 Å². The first-order valence-electron chi connectivity index (χ1n) is 13.2. The van der Waals surface area contributed by atoms with Gasteiger partial charge in [0.2, 0.25) is 0 Å². The van der Waals surface area contributed by atoms with Gasteiger partial charge in [0, 0.05) is 21.6 Å². The summed E-state index contributed by atoms with van der Waals surface area (Å²) < 4.78 is 6.52. The second kappa shape index (κ2) is 6.81. The molecule has 6 aromatic rings. The normalized spacial score (nSPS) is 16.0. The van der Waals surface area contributed by atoms with E-state index in [9.17, 15) is 0 Å². The highest BCUT2D eigenvalue weighted by atomic mass is 16.3. The summed E-state index contributed by atoms with van der Waals surface area (Å²) in [7, 11) is 0. The molecule has 0 bridgehead atoms. The monoisotopic (exact) mass is 476 g/mol. The standard InChI is InChI=1S/C36H28O/c1-35(2)28-13-7-5-10-23(28)25-17-16-21(18-30(25)35)22-12-9-15-32-34(22)27-19-26-24-11-6-8-14-29(24)36(3,4)31(26)20-33(27)37-32/h5-20H,1-4H3. The molecule has 0 radical (unpaired) electrons. The lowest BCUT2D eigenvalue weighted by Crippen LogP contribution is -2.14. The molecule has 1 nitrogen and oxygen atoms in total. The molecule has 0 spiro atoms. The topological polar surface area (TPSA) is 13.1 Å². The van der Waals surface area contributed by atoms with Crippen LogP contribution in [0.25, 0.3) is 55.3 Å². The molecule has 0 saturated heterocycles. The fourth-order valence-electron chi connectivity index (χ4n) is 7.13. The Morgan fingerprint density at radius 2 is 1.05 bits per heavy atom. The lowest BCUT2D eigenvalue weighted by atomic mass is 9.81. The first kappa shape index (κ1) is 21.0. The highest BCUT2D eigenvalue weighted by Crippen LogP contribution is 2.52. The van der Waals surface area contributed by atoms with Gasteiger partial charge in [-0.15, -0.1) is 0 Å². The number of benzene rings is 5. The Morgan fingerprint density at radius 3 is 1.78 bits per heavy atom. The molecular formula is C36H28O. The molecule has 0 N–H and O–H groups in total. The fourth-order valence-corrected chi connectivity index (χ4v) is 7.13. The van der Waals surface area contributed by atoms with E-state index in [-0.39, 0.29) is 10.8 Å². The predicted molar refractivity (Wildman–Crippen MR) is 154 cm³/mol. The van der Waals surface area contributed by atoms with E-state index in [1.54, 1.807) is 0 Å². The molecule has 1 heteroatoms. The third-order valence-electron chi connectivity index (χ3n) is 9.09. The van der Waals surface area contributed by atoms with Crippen molar-refractivity contribution in [1.82, 2.24) is 0 Å². The molecule has 2 aliphatic carbocycles. The summed E-state index contributed by atoms with van der Waals surface area (Å²) in [6, 6.07) is 35.8. The minimum Gasteiger partial charge on any atom is -0.456 e. The van der Waals surface area contributed by atoms with E-state index >= 15 is 0 Å². The Labute approximate surface area is 217 Å². The van der Waals surface area contributed by atoms with E-state index in [0.29, 0.717) is 0 Å². The van der Waals surface area contributed by atoms with Gasteiger partial charge in [-0.1, -0.05) is 100 Å². The summed E-state index contributed by atoms with van der Waals surface area (Å²) in [5.74, 6) is 0. The number of furan rings is 1. The molecule has 2 aliphatic rings. The van der Waals surface area contributed by atoms with Crippen LogP contribution in [-0.2, 0) is 10.8 Å². The molecule has 0 aliphatic heterocycles. The Hall–Kier alpha value is -4.10. The lowest BCUT2D eigenvalue weighted by molar-refractivity contribution is 0.647. The van der Waals surface area contributed by atoms with Crippen LogP contribution in [-0.4, -0.2) is 0 Å². The maximum atomic E-state index is 6.52. The van der Waals surface area contributed by atoms with Crippen molar-refractivity contribution in [1.29, 1.82) is 0 Å². The minimum absolute atomic E-state index is 0.0234. The number of rotatable bonds is 1. The van der Waals surface area contributed by atoms with Gasteiger partial charge in [-0.2, -0.15) is 0 Å².